The van der Waals surface area contributed by atoms with Crippen LogP contribution in [0.2, 0.25) is 0 Å². The van der Waals surface area contributed by atoms with E-state index in [2.05, 4.69) is 23.4 Å². The van der Waals surface area contributed by atoms with Gasteiger partial charge in [0.25, 0.3) is 0 Å². The Kier molecular flexibility index (Phi) is 6.52. The SMILES string of the molecule is CCCCc1nc2c(N)nc(C)c(C)c2n1CCCCc1ccccc1C(N)=O. The first-order valence-corrected chi connectivity index (χ1v) is 10.4. The van der Waals surface area contributed by atoms with Crippen LogP contribution in [-0.2, 0) is 19.4 Å². The summed E-state index contributed by atoms with van der Waals surface area (Å²) < 4.78 is 2.32. The molecule has 0 bridgehead atoms. The topological polar surface area (TPSA) is 99.8 Å². The number of anilines is 1. The molecule has 3 aromatic rings. The van der Waals surface area contributed by atoms with Gasteiger partial charge in [0.1, 0.15) is 11.3 Å². The summed E-state index contributed by atoms with van der Waals surface area (Å²) in [6.45, 7) is 7.15. The number of hydrogen-bond donors (Lipinski definition) is 2. The minimum Gasteiger partial charge on any atom is -0.382 e. The first kappa shape index (κ1) is 20.8. The maximum atomic E-state index is 11.6. The summed E-state index contributed by atoms with van der Waals surface area (Å²) in [7, 11) is 0. The molecule has 29 heavy (non-hydrogen) atoms. The second kappa shape index (κ2) is 9.07. The molecular weight excluding hydrogens is 362 g/mol. The zero-order valence-electron chi connectivity index (χ0n) is 17.7. The van der Waals surface area contributed by atoms with Crippen molar-refractivity contribution in [3.8, 4) is 0 Å². The van der Waals surface area contributed by atoms with Gasteiger partial charge in [-0.25, -0.2) is 9.97 Å². The van der Waals surface area contributed by atoms with Crippen molar-refractivity contribution in [2.75, 3.05) is 5.73 Å². The Hall–Kier alpha value is -2.89. The van der Waals surface area contributed by atoms with E-state index in [1.165, 1.54) is 0 Å². The fraction of sp³-hybridized carbons (Fsp3) is 0.435. The van der Waals surface area contributed by atoms with E-state index < -0.39 is 0 Å². The zero-order valence-corrected chi connectivity index (χ0v) is 17.7. The van der Waals surface area contributed by atoms with Crippen LogP contribution < -0.4 is 11.5 Å². The van der Waals surface area contributed by atoms with Gasteiger partial charge in [-0.15, -0.1) is 0 Å². The van der Waals surface area contributed by atoms with E-state index in [9.17, 15) is 4.79 Å². The maximum absolute atomic E-state index is 11.6. The van der Waals surface area contributed by atoms with Crippen molar-refractivity contribution >= 4 is 22.8 Å². The highest BCUT2D eigenvalue weighted by Crippen LogP contribution is 2.27. The van der Waals surface area contributed by atoms with Gasteiger partial charge >= 0.3 is 0 Å². The average Bonchev–Trinajstić information content (AvgIpc) is 3.07. The predicted molar refractivity (Wildman–Crippen MR) is 118 cm³/mol. The highest BCUT2D eigenvalue weighted by atomic mass is 16.1. The molecule has 1 amide bonds. The maximum Gasteiger partial charge on any atom is 0.248 e. The van der Waals surface area contributed by atoms with Crippen molar-refractivity contribution in [3.05, 3.63) is 52.5 Å². The lowest BCUT2D eigenvalue weighted by atomic mass is 10.0. The molecule has 6 heteroatoms. The van der Waals surface area contributed by atoms with E-state index in [-0.39, 0.29) is 5.91 Å². The number of nitrogens with zero attached hydrogens (tertiary/aromatic N) is 3. The minimum atomic E-state index is -0.364. The third kappa shape index (κ3) is 4.42. The summed E-state index contributed by atoms with van der Waals surface area (Å²) in [5.41, 5.74) is 17.3. The quantitative estimate of drug-likeness (QED) is 0.535. The van der Waals surface area contributed by atoms with E-state index >= 15 is 0 Å². The number of rotatable bonds is 9. The molecule has 0 unspecified atom stereocenters. The number of unbranched alkanes of at least 4 members (excludes halogenated alkanes) is 2. The molecule has 2 heterocycles. The highest BCUT2D eigenvalue weighted by Gasteiger charge is 2.17. The molecule has 0 atom stereocenters. The number of hydrogen-bond acceptors (Lipinski definition) is 4. The van der Waals surface area contributed by atoms with Crippen LogP contribution in [0, 0.1) is 13.8 Å². The summed E-state index contributed by atoms with van der Waals surface area (Å²) in [4.78, 5) is 20.9. The van der Waals surface area contributed by atoms with Crippen molar-refractivity contribution in [2.24, 2.45) is 5.73 Å². The van der Waals surface area contributed by atoms with Gasteiger partial charge in [0.2, 0.25) is 5.91 Å². The average molecular weight is 394 g/mol. The summed E-state index contributed by atoms with van der Waals surface area (Å²) >= 11 is 0. The lowest BCUT2D eigenvalue weighted by Gasteiger charge is -2.12. The molecule has 6 nitrogen and oxygen atoms in total. The number of nitrogens with two attached hydrogens (primary N) is 2. The number of carbonyl (C=O) groups is 1. The van der Waals surface area contributed by atoms with Gasteiger partial charge in [0.15, 0.2) is 5.82 Å². The number of amides is 1. The standard InChI is InChI=1S/C23H31N5O/c1-4-5-13-19-27-20-21(15(2)16(3)26-22(20)24)28(19)14-9-8-11-17-10-6-7-12-18(17)23(25)29/h6-7,10,12H,4-5,8-9,11,13-14H2,1-3H3,(H2,24,26)(H2,25,29). The zero-order chi connectivity index (χ0) is 21.0. The van der Waals surface area contributed by atoms with Gasteiger partial charge in [0.05, 0.1) is 5.52 Å². The monoisotopic (exact) mass is 393 g/mol. The molecule has 154 valence electrons. The molecule has 0 spiro atoms. The smallest absolute Gasteiger partial charge is 0.248 e. The van der Waals surface area contributed by atoms with Crippen molar-refractivity contribution in [3.63, 3.8) is 0 Å². The molecule has 0 radical (unpaired) electrons. The van der Waals surface area contributed by atoms with Crippen LogP contribution in [0.1, 0.15) is 65.6 Å². The number of imidazole rings is 1. The summed E-state index contributed by atoms with van der Waals surface area (Å²) in [6, 6.07) is 7.59. The Bertz CT molecular complexity index is 1020. The van der Waals surface area contributed by atoms with Crippen LogP contribution in [0.5, 0.6) is 0 Å². The Morgan fingerprint density at radius 2 is 1.83 bits per heavy atom. The summed E-state index contributed by atoms with van der Waals surface area (Å²) in [6.07, 6.45) is 5.94. The molecule has 0 saturated heterocycles. The van der Waals surface area contributed by atoms with Gasteiger partial charge < -0.3 is 16.0 Å². The Morgan fingerprint density at radius 3 is 2.55 bits per heavy atom. The van der Waals surface area contributed by atoms with Crippen molar-refractivity contribution in [2.45, 2.75) is 65.8 Å². The van der Waals surface area contributed by atoms with Crippen molar-refractivity contribution in [1.29, 1.82) is 0 Å². The third-order valence-corrected chi connectivity index (χ3v) is 5.59. The van der Waals surface area contributed by atoms with E-state index in [4.69, 9.17) is 16.5 Å². The van der Waals surface area contributed by atoms with Crippen LogP contribution in [0.4, 0.5) is 5.82 Å². The van der Waals surface area contributed by atoms with Gasteiger partial charge in [0, 0.05) is 24.2 Å². The molecule has 2 aromatic heterocycles. The van der Waals surface area contributed by atoms with Crippen LogP contribution in [0.15, 0.2) is 24.3 Å². The van der Waals surface area contributed by atoms with E-state index in [0.29, 0.717) is 11.4 Å². The third-order valence-electron chi connectivity index (χ3n) is 5.59. The molecule has 4 N–H and O–H groups in total. The van der Waals surface area contributed by atoms with E-state index in [1.54, 1.807) is 6.07 Å². The number of aromatic nitrogens is 3. The second-order valence-corrected chi connectivity index (χ2v) is 7.67. The van der Waals surface area contributed by atoms with Gasteiger partial charge in [-0.2, -0.15) is 0 Å². The van der Waals surface area contributed by atoms with Crippen LogP contribution in [0.3, 0.4) is 0 Å². The van der Waals surface area contributed by atoms with Gasteiger partial charge in [-0.1, -0.05) is 31.5 Å². The number of pyridine rings is 1. The minimum absolute atomic E-state index is 0.364. The number of aryl methyl sites for hydroxylation is 5. The first-order chi connectivity index (χ1) is 13.9. The number of nitrogen functional groups attached to an aromatic ring is 1. The molecule has 0 saturated carbocycles. The largest absolute Gasteiger partial charge is 0.382 e. The molecule has 0 aliphatic rings. The molecule has 0 fully saturated rings. The fourth-order valence-corrected chi connectivity index (χ4v) is 3.88. The predicted octanol–water partition coefficient (Wildman–Crippen LogP) is 4.09. The van der Waals surface area contributed by atoms with Crippen LogP contribution in [-0.4, -0.2) is 20.4 Å². The molecule has 0 aliphatic carbocycles. The highest BCUT2D eigenvalue weighted by molar-refractivity contribution is 5.94. The lowest BCUT2D eigenvalue weighted by Crippen LogP contribution is -2.13. The summed E-state index contributed by atoms with van der Waals surface area (Å²) in [5.74, 6) is 1.23. The number of carbonyl (C=O) groups excluding carboxylic acids is 1. The fourth-order valence-electron chi connectivity index (χ4n) is 3.88. The van der Waals surface area contributed by atoms with Crippen molar-refractivity contribution < 1.29 is 4.79 Å². The second-order valence-electron chi connectivity index (χ2n) is 7.67. The number of primary amides is 1. The normalized spacial score (nSPS) is 11.3. The van der Waals surface area contributed by atoms with E-state index in [0.717, 1.165) is 78.7 Å². The number of benzene rings is 1. The van der Waals surface area contributed by atoms with Gasteiger partial charge in [-0.3, -0.25) is 4.79 Å². The Morgan fingerprint density at radius 1 is 1.07 bits per heavy atom. The molecular formula is C23H31N5O. The molecule has 3 rings (SSSR count). The van der Waals surface area contributed by atoms with Crippen LogP contribution >= 0.6 is 0 Å². The van der Waals surface area contributed by atoms with Gasteiger partial charge in [-0.05, 0) is 56.7 Å². The van der Waals surface area contributed by atoms with E-state index in [1.807, 2.05) is 25.1 Å². The Balaban J connectivity index is 1.81. The molecule has 1 aromatic carbocycles. The summed E-state index contributed by atoms with van der Waals surface area (Å²) in [5, 5.41) is 0. The number of fused-ring (bicyclic) bond motifs is 1. The lowest BCUT2D eigenvalue weighted by molar-refractivity contribution is 0.0999. The van der Waals surface area contributed by atoms with Crippen LogP contribution in [0.25, 0.3) is 11.0 Å². The Labute approximate surface area is 172 Å². The first-order valence-electron chi connectivity index (χ1n) is 10.4. The molecule has 0 aliphatic heterocycles. The van der Waals surface area contributed by atoms with Crippen molar-refractivity contribution in [1.82, 2.24) is 14.5 Å².